The number of rotatable bonds is 6. The van der Waals surface area contributed by atoms with E-state index >= 15 is 0 Å². The fourth-order valence-electron chi connectivity index (χ4n) is 2.94. The van der Waals surface area contributed by atoms with Crippen molar-refractivity contribution < 1.29 is 0 Å². The Morgan fingerprint density at radius 2 is 2.14 bits per heavy atom. The molecule has 0 aliphatic carbocycles. The summed E-state index contributed by atoms with van der Waals surface area (Å²) in [7, 11) is 4.27. The van der Waals surface area contributed by atoms with E-state index in [0.717, 1.165) is 18.3 Å². The Morgan fingerprint density at radius 1 is 1.38 bits per heavy atom. The van der Waals surface area contributed by atoms with Crippen LogP contribution in [0.4, 0.5) is 5.82 Å². The van der Waals surface area contributed by atoms with E-state index < -0.39 is 0 Å². The van der Waals surface area contributed by atoms with E-state index in [1.54, 1.807) is 12.3 Å². The quantitative estimate of drug-likeness (QED) is 0.754. The summed E-state index contributed by atoms with van der Waals surface area (Å²) in [4.78, 5) is 8.91. The van der Waals surface area contributed by atoms with Crippen LogP contribution in [-0.2, 0) is 0 Å². The van der Waals surface area contributed by atoms with E-state index in [0.29, 0.717) is 5.56 Å². The van der Waals surface area contributed by atoms with E-state index in [9.17, 15) is 0 Å². The summed E-state index contributed by atoms with van der Waals surface area (Å²) in [5.41, 5.74) is 0.679. The molecule has 0 radical (unpaired) electrons. The summed E-state index contributed by atoms with van der Waals surface area (Å²) in [5.74, 6) is 1.82. The number of piperidine rings is 1. The average molecular weight is 286 g/mol. The first-order chi connectivity index (χ1) is 10.2. The molecule has 0 atom stereocenters. The largest absolute Gasteiger partial charge is 0.360 e. The maximum Gasteiger partial charge on any atom is 0.129 e. The maximum absolute atomic E-state index is 8.92. The lowest BCUT2D eigenvalue weighted by atomic mass is 9.92. The summed E-state index contributed by atoms with van der Waals surface area (Å²) in [6.45, 7) is 3.53. The highest BCUT2D eigenvalue weighted by atomic mass is 15.2. The minimum atomic E-state index is 0.679. The number of pyridine rings is 1. The number of hydrogen-bond donors (Lipinski definition) is 0. The van der Waals surface area contributed by atoms with Gasteiger partial charge in [0, 0.05) is 19.8 Å². The molecule has 0 bridgehead atoms. The fourth-order valence-corrected chi connectivity index (χ4v) is 2.94. The normalized spacial score (nSPS) is 16.6. The third-order valence-corrected chi connectivity index (χ3v) is 4.46. The van der Waals surface area contributed by atoms with Crippen LogP contribution in [-0.4, -0.2) is 43.6 Å². The minimum Gasteiger partial charge on any atom is -0.360 e. The van der Waals surface area contributed by atoms with Crippen LogP contribution in [0.1, 0.15) is 37.7 Å². The molecule has 21 heavy (non-hydrogen) atoms. The van der Waals surface area contributed by atoms with E-state index in [1.807, 2.05) is 6.07 Å². The van der Waals surface area contributed by atoms with Crippen LogP contribution in [0, 0.1) is 17.2 Å². The minimum absolute atomic E-state index is 0.679. The van der Waals surface area contributed by atoms with Gasteiger partial charge in [-0.3, -0.25) is 0 Å². The van der Waals surface area contributed by atoms with Crippen LogP contribution in [0.5, 0.6) is 0 Å². The lowest BCUT2D eigenvalue weighted by Gasteiger charge is -2.29. The van der Waals surface area contributed by atoms with Gasteiger partial charge >= 0.3 is 0 Å². The number of hydrogen-bond acceptors (Lipinski definition) is 4. The van der Waals surface area contributed by atoms with Gasteiger partial charge in [-0.15, -0.1) is 0 Å². The summed E-state index contributed by atoms with van der Waals surface area (Å²) in [5, 5.41) is 8.92. The smallest absolute Gasteiger partial charge is 0.129 e. The highest BCUT2D eigenvalue weighted by Gasteiger charge is 2.15. The van der Waals surface area contributed by atoms with E-state index in [1.165, 1.54) is 45.2 Å². The molecule has 114 valence electrons. The first-order valence-electron chi connectivity index (χ1n) is 7.95. The lowest BCUT2D eigenvalue weighted by molar-refractivity contribution is 0.210. The van der Waals surface area contributed by atoms with Gasteiger partial charge in [-0.1, -0.05) is 12.8 Å². The molecule has 0 aromatic carbocycles. The molecule has 0 saturated carbocycles. The predicted molar refractivity (Wildman–Crippen MR) is 86.3 cm³/mol. The van der Waals surface area contributed by atoms with Gasteiger partial charge in [0.2, 0.25) is 0 Å². The second-order valence-corrected chi connectivity index (χ2v) is 6.18. The van der Waals surface area contributed by atoms with E-state index in [2.05, 4.69) is 34.9 Å². The zero-order valence-corrected chi connectivity index (χ0v) is 13.3. The number of nitrogens with zero attached hydrogens (tertiary/aromatic N) is 4. The molecule has 1 aromatic rings. The Bertz CT molecular complexity index is 472. The van der Waals surface area contributed by atoms with E-state index in [4.69, 9.17) is 5.26 Å². The molecule has 1 aliphatic rings. The van der Waals surface area contributed by atoms with Gasteiger partial charge in [-0.05, 0) is 57.5 Å². The molecule has 4 heteroatoms. The fraction of sp³-hybridized carbons (Fsp3) is 0.647. The molecule has 1 fully saturated rings. The average Bonchev–Trinajstić information content (AvgIpc) is 2.53. The van der Waals surface area contributed by atoms with Crippen LogP contribution in [0.25, 0.3) is 0 Å². The van der Waals surface area contributed by atoms with Crippen molar-refractivity contribution in [2.24, 2.45) is 5.92 Å². The molecule has 2 heterocycles. The number of nitriles is 1. The molecular formula is C17H26N4. The Hall–Kier alpha value is -1.60. The van der Waals surface area contributed by atoms with Crippen molar-refractivity contribution in [3.05, 3.63) is 23.9 Å². The van der Waals surface area contributed by atoms with Crippen LogP contribution in [0.15, 0.2) is 18.3 Å². The van der Waals surface area contributed by atoms with Gasteiger partial charge in [0.1, 0.15) is 5.82 Å². The van der Waals surface area contributed by atoms with Crippen molar-refractivity contribution in [3.63, 3.8) is 0 Å². The van der Waals surface area contributed by atoms with Crippen molar-refractivity contribution in [1.82, 2.24) is 9.88 Å². The Balaban J connectivity index is 1.67. The highest BCUT2D eigenvalue weighted by Crippen LogP contribution is 2.22. The van der Waals surface area contributed by atoms with Crippen LogP contribution in [0.3, 0.4) is 0 Å². The Kier molecular flexibility index (Phi) is 6.01. The Morgan fingerprint density at radius 3 is 2.86 bits per heavy atom. The van der Waals surface area contributed by atoms with Crippen molar-refractivity contribution in [2.45, 2.75) is 32.1 Å². The SMILES string of the molecule is CN1CCC(CCCCN(C)c2cc(C#N)ccn2)CC1. The number of unbranched alkanes of at least 4 members (excludes halogenated alkanes) is 1. The molecule has 1 aliphatic heterocycles. The second kappa shape index (κ2) is 7.99. The van der Waals surface area contributed by atoms with Gasteiger partial charge in [-0.25, -0.2) is 4.98 Å². The van der Waals surface area contributed by atoms with Gasteiger partial charge in [0.25, 0.3) is 0 Å². The third-order valence-electron chi connectivity index (χ3n) is 4.46. The number of aromatic nitrogens is 1. The van der Waals surface area contributed by atoms with E-state index in [-0.39, 0.29) is 0 Å². The molecule has 4 nitrogen and oxygen atoms in total. The predicted octanol–water partition coefficient (Wildman–Crippen LogP) is 2.90. The summed E-state index contributed by atoms with van der Waals surface area (Å²) in [6, 6.07) is 5.77. The molecule has 0 amide bonds. The number of anilines is 1. The van der Waals surface area contributed by atoms with Gasteiger partial charge in [0.15, 0.2) is 0 Å². The monoisotopic (exact) mass is 286 g/mol. The summed E-state index contributed by atoms with van der Waals surface area (Å²) < 4.78 is 0. The first kappa shape index (κ1) is 15.8. The van der Waals surface area contributed by atoms with Crippen molar-refractivity contribution in [2.75, 3.05) is 38.6 Å². The molecule has 0 unspecified atom stereocenters. The topological polar surface area (TPSA) is 43.2 Å². The standard InChI is InChI=1S/C17H26N4/c1-20-11-7-15(8-12-20)5-3-4-10-21(2)17-13-16(14-18)6-9-19-17/h6,9,13,15H,3-5,7-8,10-12H2,1-2H3. The summed E-state index contributed by atoms with van der Waals surface area (Å²) in [6.07, 6.45) is 8.27. The lowest BCUT2D eigenvalue weighted by Crippen LogP contribution is -2.30. The molecular weight excluding hydrogens is 260 g/mol. The first-order valence-corrected chi connectivity index (χ1v) is 7.95. The van der Waals surface area contributed by atoms with Gasteiger partial charge in [-0.2, -0.15) is 5.26 Å². The zero-order chi connectivity index (χ0) is 15.1. The molecule has 2 rings (SSSR count). The third kappa shape index (κ3) is 5.02. The van der Waals surface area contributed by atoms with Gasteiger partial charge < -0.3 is 9.80 Å². The molecule has 0 N–H and O–H groups in total. The van der Waals surface area contributed by atoms with Crippen molar-refractivity contribution >= 4 is 5.82 Å². The highest BCUT2D eigenvalue weighted by molar-refractivity contribution is 5.44. The molecule has 1 saturated heterocycles. The number of likely N-dealkylation sites (tertiary alicyclic amines) is 1. The summed E-state index contributed by atoms with van der Waals surface area (Å²) >= 11 is 0. The molecule has 1 aromatic heterocycles. The molecule has 0 spiro atoms. The van der Waals surface area contributed by atoms with Gasteiger partial charge in [0.05, 0.1) is 11.6 Å². The van der Waals surface area contributed by atoms with Crippen molar-refractivity contribution in [3.8, 4) is 6.07 Å². The second-order valence-electron chi connectivity index (χ2n) is 6.18. The van der Waals surface area contributed by atoms with Crippen LogP contribution >= 0.6 is 0 Å². The van der Waals surface area contributed by atoms with Crippen molar-refractivity contribution in [1.29, 1.82) is 5.26 Å². The van der Waals surface area contributed by atoms with Crippen LogP contribution in [0.2, 0.25) is 0 Å². The zero-order valence-electron chi connectivity index (χ0n) is 13.3. The maximum atomic E-state index is 8.92. The Labute approximate surface area is 128 Å². The van der Waals surface area contributed by atoms with Crippen LogP contribution < -0.4 is 4.90 Å².